The normalized spacial score (nSPS) is 13.7. The Morgan fingerprint density at radius 3 is 2.60 bits per heavy atom. The first-order valence-corrected chi connectivity index (χ1v) is 10.8. The van der Waals surface area contributed by atoms with Gasteiger partial charge in [0.1, 0.15) is 5.82 Å². The van der Waals surface area contributed by atoms with Crippen LogP contribution in [0.4, 0.5) is 11.5 Å². The molecule has 1 aliphatic carbocycles. The van der Waals surface area contributed by atoms with Gasteiger partial charge in [0.25, 0.3) is 5.91 Å². The number of aryl methyl sites for hydroxylation is 2. The molecule has 0 unspecified atom stereocenters. The van der Waals surface area contributed by atoms with Crippen LogP contribution in [0, 0.1) is 13.8 Å². The highest BCUT2D eigenvalue weighted by molar-refractivity contribution is 6.07. The number of carbonyl (C=O) groups excluding carboxylic acids is 1. The van der Waals surface area contributed by atoms with Crippen molar-refractivity contribution in [2.24, 2.45) is 0 Å². The van der Waals surface area contributed by atoms with Gasteiger partial charge in [0.05, 0.1) is 11.1 Å². The summed E-state index contributed by atoms with van der Waals surface area (Å²) in [7, 11) is 0. The molecule has 1 amide bonds. The number of rotatable bonds is 6. The van der Waals surface area contributed by atoms with E-state index in [1.165, 1.54) is 36.0 Å². The molecule has 3 aromatic rings. The molecule has 4 heteroatoms. The number of allylic oxidation sites excluding steroid dienone is 1. The largest absolute Gasteiger partial charge is 0.352 e. The molecule has 2 N–H and O–H groups in total. The molecule has 0 radical (unpaired) electrons. The lowest BCUT2D eigenvalue weighted by molar-refractivity contribution is 0.0955. The Bertz CT molecular complexity index is 1080. The molecule has 154 valence electrons. The summed E-state index contributed by atoms with van der Waals surface area (Å²) < 4.78 is 0. The average Bonchev–Trinajstić information content (AvgIpc) is 2.73. The molecule has 1 aliphatic rings. The number of hydrogen-bond acceptors (Lipinski definition) is 3. The van der Waals surface area contributed by atoms with Gasteiger partial charge in [-0.2, -0.15) is 0 Å². The van der Waals surface area contributed by atoms with Crippen LogP contribution in [0.25, 0.3) is 10.9 Å². The third-order valence-corrected chi connectivity index (χ3v) is 5.57. The zero-order valence-corrected chi connectivity index (χ0v) is 17.8. The van der Waals surface area contributed by atoms with E-state index in [1.54, 1.807) is 0 Å². The summed E-state index contributed by atoms with van der Waals surface area (Å²) in [5.74, 6) is 0.632. The molecule has 4 nitrogen and oxygen atoms in total. The van der Waals surface area contributed by atoms with Crippen LogP contribution in [-0.2, 0) is 0 Å². The molecule has 0 saturated heterocycles. The minimum absolute atomic E-state index is 0.0477. The highest BCUT2D eigenvalue weighted by Crippen LogP contribution is 2.25. The lowest BCUT2D eigenvalue weighted by atomic mass is 9.97. The van der Waals surface area contributed by atoms with Crippen LogP contribution in [0.15, 0.2) is 60.2 Å². The maximum Gasteiger partial charge on any atom is 0.252 e. The Balaban J connectivity index is 1.56. The molecule has 2 aromatic carbocycles. The number of anilines is 2. The number of para-hydroxylation sites is 1. The summed E-state index contributed by atoms with van der Waals surface area (Å²) in [6.07, 6.45) is 8.16. The number of aromatic nitrogens is 1. The second kappa shape index (κ2) is 9.12. The van der Waals surface area contributed by atoms with Gasteiger partial charge in [-0.1, -0.05) is 35.9 Å². The van der Waals surface area contributed by atoms with Crippen LogP contribution < -0.4 is 10.6 Å². The molecular formula is C26H29N3O. The summed E-state index contributed by atoms with van der Waals surface area (Å²) >= 11 is 0. The van der Waals surface area contributed by atoms with E-state index < -0.39 is 0 Å². The van der Waals surface area contributed by atoms with Crippen LogP contribution in [-0.4, -0.2) is 17.4 Å². The Hall–Kier alpha value is -3.14. The van der Waals surface area contributed by atoms with Crippen molar-refractivity contribution >= 4 is 28.3 Å². The summed E-state index contributed by atoms with van der Waals surface area (Å²) in [5.41, 5.74) is 6.29. The minimum atomic E-state index is -0.0477. The lowest BCUT2D eigenvalue weighted by Crippen LogP contribution is -2.25. The summed E-state index contributed by atoms with van der Waals surface area (Å²) in [6, 6.07) is 16.0. The monoisotopic (exact) mass is 399 g/mol. The van der Waals surface area contributed by atoms with Gasteiger partial charge >= 0.3 is 0 Å². The van der Waals surface area contributed by atoms with Crippen molar-refractivity contribution in [3.8, 4) is 0 Å². The van der Waals surface area contributed by atoms with Gasteiger partial charge in [-0.15, -0.1) is 0 Å². The Kier molecular flexibility index (Phi) is 6.12. The van der Waals surface area contributed by atoms with Crippen molar-refractivity contribution in [3.63, 3.8) is 0 Å². The molecule has 0 aliphatic heterocycles. The second-order valence-electron chi connectivity index (χ2n) is 8.19. The molecule has 4 rings (SSSR count). The Morgan fingerprint density at radius 2 is 1.83 bits per heavy atom. The lowest BCUT2D eigenvalue weighted by Gasteiger charge is -2.14. The fourth-order valence-corrected chi connectivity index (χ4v) is 4.19. The highest BCUT2D eigenvalue weighted by atomic mass is 16.1. The van der Waals surface area contributed by atoms with E-state index in [0.29, 0.717) is 17.9 Å². The van der Waals surface area contributed by atoms with E-state index in [9.17, 15) is 4.79 Å². The van der Waals surface area contributed by atoms with E-state index in [4.69, 9.17) is 4.98 Å². The number of fused-ring (bicyclic) bond motifs is 1. The Morgan fingerprint density at radius 1 is 1.03 bits per heavy atom. The maximum atomic E-state index is 13.0. The first-order valence-electron chi connectivity index (χ1n) is 10.8. The van der Waals surface area contributed by atoms with E-state index in [1.807, 2.05) is 30.3 Å². The molecule has 0 fully saturated rings. The van der Waals surface area contributed by atoms with E-state index in [0.717, 1.165) is 29.4 Å². The highest BCUT2D eigenvalue weighted by Gasteiger charge is 2.13. The molecule has 0 spiro atoms. The van der Waals surface area contributed by atoms with Crippen molar-refractivity contribution in [2.75, 3.05) is 11.9 Å². The fraction of sp³-hybridized carbons (Fsp3) is 0.308. The number of benzene rings is 2. The number of nitrogens with one attached hydrogen (secondary N) is 2. The van der Waals surface area contributed by atoms with Gasteiger partial charge in [-0.05, 0) is 81.3 Å². The molecule has 30 heavy (non-hydrogen) atoms. The molecule has 0 bridgehead atoms. The quantitative estimate of drug-likeness (QED) is 0.484. The van der Waals surface area contributed by atoms with E-state index >= 15 is 0 Å². The van der Waals surface area contributed by atoms with Gasteiger partial charge in [0.2, 0.25) is 0 Å². The molecule has 0 saturated carbocycles. The third kappa shape index (κ3) is 4.88. The standard InChI is InChI=1S/C26H29N3O/c1-18-14-19(2)16-21(15-18)28-25-17-23(22-10-6-7-11-24(22)29-25)26(30)27-13-12-20-8-4-3-5-9-20/h6-8,10-11,14-17H,3-5,9,12-13H2,1-2H3,(H,27,30)(H,28,29). The van der Waals surface area contributed by atoms with Crippen LogP contribution >= 0.6 is 0 Å². The number of pyridine rings is 1. The molecule has 0 atom stereocenters. The average molecular weight is 400 g/mol. The van der Waals surface area contributed by atoms with Gasteiger partial charge in [0, 0.05) is 17.6 Å². The predicted octanol–water partition coefficient (Wildman–Crippen LogP) is 6.22. The van der Waals surface area contributed by atoms with Crippen LogP contribution in [0.1, 0.15) is 53.6 Å². The van der Waals surface area contributed by atoms with Crippen molar-refractivity contribution < 1.29 is 4.79 Å². The van der Waals surface area contributed by atoms with Gasteiger partial charge in [-0.3, -0.25) is 4.79 Å². The summed E-state index contributed by atoms with van der Waals surface area (Å²) in [4.78, 5) is 17.8. The van der Waals surface area contributed by atoms with Crippen molar-refractivity contribution in [1.29, 1.82) is 0 Å². The zero-order valence-electron chi connectivity index (χ0n) is 17.8. The number of amides is 1. The predicted molar refractivity (Wildman–Crippen MR) is 124 cm³/mol. The minimum Gasteiger partial charge on any atom is -0.352 e. The third-order valence-electron chi connectivity index (χ3n) is 5.57. The van der Waals surface area contributed by atoms with Crippen LogP contribution in [0.5, 0.6) is 0 Å². The topological polar surface area (TPSA) is 54.0 Å². The van der Waals surface area contributed by atoms with Crippen LogP contribution in [0.3, 0.4) is 0 Å². The smallest absolute Gasteiger partial charge is 0.252 e. The van der Waals surface area contributed by atoms with E-state index in [2.05, 4.69) is 48.8 Å². The molecule has 1 heterocycles. The molecular weight excluding hydrogens is 370 g/mol. The van der Waals surface area contributed by atoms with Crippen molar-refractivity contribution in [3.05, 3.63) is 76.9 Å². The van der Waals surface area contributed by atoms with Crippen molar-refractivity contribution in [1.82, 2.24) is 10.3 Å². The first-order chi connectivity index (χ1) is 14.6. The fourth-order valence-electron chi connectivity index (χ4n) is 4.19. The van der Waals surface area contributed by atoms with Gasteiger partial charge in [-0.25, -0.2) is 4.98 Å². The number of carbonyl (C=O) groups is 1. The van der Waals surface area contributed by atoms with Gasteiger partial charge in [0.15, 0.2) is 0 Å². The van der Waals surface area contributed by atoms with Crippen molar-refractivity contribution in [2.45, 2.75) is 46.0 Å². The number of hydrogen-bond donors (Lipinski definition) is 2. The van der Waals surface area contributed by atoms with Gasteiger partial charge < -0.3 is 10.6 Å². The summed E-state index contributed by atoms with van der Waals surface area (Å²) in [6.45, 7) is 4.82. The second-order valence-corrected chi connectivity index (χ2v) is 8.19. The zero-order chi connectivity index (χ0) is 20.9. The maximum absolute atomic E-state index is 13.0. The SMILES string of the molecule is Cc1cc(C)cc(Nc2cc(C(=O)NCCC3=CCCCC3)c3ccccc3n2)c1. The first kappa shape index (κ1) is 20.1. The van der Waals surface area contributed by atoms with E-state index in [-0.39, 0.29) is 5.91 Å². The van der Waals surface area contributed by atoms with Crippen LogP contribution in [0.2, 0.25) is 0 Å². The Labute approximate surface area is 178 Å². The number of nitrogens with zero attached hydrogens (tertiary/aromatic N) is 1. The molecule has 1 aromatic heterocycles. The summed E-state index contributed by atoms with van der Waals surface area (Å²) in [5, 5.41) is 7.37.